The molecule has 5 nitrogen and oxygen atoms in total. The lowest BCUT2D eigenvalue weighted by Gasteiger charge is -2.03. The van der Waals surface area contributed by atoms with Crippen LogP contribution in [0.2, 0.25) is 0 Å². The van der Waals surface area contributed by atoms with Gasteiger partial charge in [-0.05, 0) is 18.1 Å². The van der Waals surface area contributed by atoms with E-state index in [0.29, 0.717) is 16.7 Å². The van der Waals surface area contributed by atoms with Gasteiger partial charge in [0.15, 0.2) is 5.13 Å². The van der Waals surface area contributed by atoms with Crippen molar-refractivity contribution in [3.63, 3.8) is 0 Å². The van der Waals surface area contributed by atoms with Crippen LogP contribution in [0.15, 0.2) is 23.7 Å². The van der Waals surface area contributed by atoms with Crippen molar-refractivity contribution < 1.29 is 4.79 Å². The van der Waals surface area contributed by atoms with Crippen LogP contribution in [-0.2, 0) is 0 Å². The highest BCUT2D eigenvalue weighted by Crippen LogP contribution is 2.21. The molecule has 0 saturated heterocycles. The number of anilines is 2. The number of amides is 1. The highest BCUT2D eigenvalue weighted by atomic mass is 32.1. The molecular formula is C13H16N4OS. The van der Waals surface area contributed by atoms with Crippen LogP contribution >= 0.6 is 11.3 Å². The molecule has 2 N–H and O–H groups in total. The quantitative estimate of drug-likeness (QED) is 0.901. The molecule has 0 radical (unpaired) electrons. The van der Waals surface area contributed by atoms with Gasteiger partial charge in [-0.15, -0.1) is 11.3 Å². The maximum absolute atomic E-state index is 12.0. The SMILES string of the molecule is CNc1ccc(C(=O)Nc2nc(C(C)C)cs2)nc1. The Morgan fingerprint density at radius 3 is 2.68 bits per heavy atom. The minimum absolute atomic E-state index is 0.243. The predicted molar refractivity (Wildman–Crippen MR) is 77.9 cm³/mol. The third-order valence-corrected chi connectivity index (χ3v) is 3.39. The average molecular weight is 276 g/mol. The minimum Gasteiger partial charge on any atom is -0.387 e. The lowest BCUT2D eigenvalue weighted by atomic mass is 10.2. The van der Waals surface area contributed by atoms with Crippen molar-refractivity contribution in [3.8, 4) is 0 Å². The van der Waals surface area contributed by atoms with Crippen LogP contribution in [0.4, 0.5) is 10.8 Å². The second kappa shape index (κ2) is 5.79. The van der Waals surface area contributed by atoms with E-state index in [-0.39, 0.29) is 5.91 Å². The van der Waals surface area contributed by atoms with E-state index in [9.17, 15) is 4.79 Å². The molecular weight excluding hydrogens is 260 g/mol. The Kier molecular flexibility index (Phi) is 4.11. The number of pyridine rings is 1. The summed E-state index contributed by atoms with van der Waals surface area (Å²) in [7, 11) is 1.81. The first-order valence-electron chi connectivity index (χ1n) is 6.00. The van der Waals surface area contributed by atoms with Crippen LogP contribution in [0.5, 0.6) is 0 Å². The zero-order valence-electron chi connectivity index (χ0n) is 11.1. The monoisotopic (exact) mass is 276 g/mol. The summed E-state index contributed by atoms with van der Waals surface area (Å²) < 4.78 is 0. The van der Waals surface area contributed by atoms with E-state index in [2.05, 4.69) is 34.4 Å². The van der Waals surface area contributed by atoms with Crippen LogP contribution in [0.1, 0.15) is 35.9 Å². The van der Waals surface area contributed by atoms with Gasteiger partial charge in [0.2, 0.25) is 0 Å². The van der Waals surface area contributed by atoms with Gasteiger partial charge >= 0.3 is 0 Å². The molecule has 2 aromatic heterocycles. The Bertz CT molecular complexity index is 562. The van der Waals surface area contributed by atoms with Crippen molar-refractivity contribution >= 4 is 28.1 Å². The van der Waals surface area contributed by atoms with Gasteiger partial charge < -0.3 is 5.32 Å². The van der Waals surface area contributed by atoms with Crippen LogP contribution in [-0.4, -0.2) is 22.9 Å². The Morgan fingerprint density at radius 2 is 2.16 bits per heavy atom. The number of nitrogens with zero attached hydrogens (tertiary/aromatic N) is 2. The van der Waals surface area contributed by atoms with Crippen molar-refractivity contribution in [3.05, 3.63) is 35.1 Å². The normalized spacial score (nSPS) is 10.5. The molecule has 6 heteroatoms. The molecule has 0 fully saturated rings. The average Bonchev–Trinajstić information content (AvgIpc) is 2.87. The smallest absolute Gasteiger partial charge is 0.276 e. The van der Waals surface area contributed by atoms with Crippen molar-refractivity contribution in [1.82, 2.24) is 9.97 Å². The second-order valence-electron chi connectivity index (χ2n) is 4.37. The van der Waals surface area contributed by atoms with E-state index in [1.165, 1.54) is 11.3 Å². The topological polar surface area (TPSA) is 66.9 Å². The summed E-state index contributed by atoms with van der Waals surface area (Å²) >= 11 is 1.43. The number of carbonyl (C=O) groups excluding carboxylic acids is 1. The standard InChI is InChI=1S/C13H16N4OS/c1-8(2)11-7-19-13(16-11)17-12(18)10-5-4-9(14-3)6-15-10/h4-8,14H,1-3H3,(H,16,17,18). The second-order valence-corrected chi connectivity index (χ2v) is 5.23. The van der Waals surface area contributed by atoms with Gasteiger partial charge in [0.1, 0.15) is 5.69 Å². The third-order valence-electron chi connectivity index (χ3n) is 2.62. The zero-order chi connectivity index (χ0) is 13.8. The molecule has 2 rings (SSSR count). The summed E-state index contributed by atoms with van der Waals surface area (Å²) in [6.45, 7) is 4.14. The van der Waals surface area contributed by atoms with Gasteiger partial charge in [-0.25, -0.2) is 9.97 Å². The maximum atomic E-state index is 12.0. The van der Waals surface area contributed by atoms with E-state index >= 15 is 0 Å². The van der Waals surface area contributed by atoms with Gasteiger partial charge in [-0.3, -0.25) is 10.1 Å². The number of aromatic nitrogens is 2. The first-order valence-corrected chi connectivity index (χ1v) is 6.88. The molecule has 2 heterocycles. The lowest BCUT2D eigenvalue weighted by molar-refractivity contribution is 0.102. The van der Waals surface area contributed by atoms with Crippen molar-refractivity contribution in [1.29, 1.82) is 0 Å². The van der Waals surface area contributed by atoms with Crippen LogP contribution in [0, 0.1) is 0 Å². The molecule has 0 aliphatic rings. The van der Waals surface area contributed by atoms with Crippen molar-refractivity contribution in [2.45, 2.75) is 19.8 Å². The van der Waals surface area contributed by atoms with Crippen LogP contribution in [0.25, 0.3) is 0 Å². The number of nitrogens with one attached hydrogen (secondary N) is 2. The van der Waals surface area contributed by atoms with Gasteiger partial charge in [-0.2, -0.15) is 0 Å². The molecule has 100 valence electrons. The van der Waals surface area contributed by atoms with Crippen LogP contribution < -0.4 is 10.6 Å². The van der Waals surface area contributed by atoms with E-state index in [1.54, 1.807) is 19.3 Å². The zero-order valence-corrected chi connectivity index (χ0v) is 11.9. The molecule has 2 aromatic rings. The number of carbonyl (C=O) groups is 1. The molecule has 1 amide bonds. The summed E-state index contributed by atoms with van der Waals surface area (Å²) in [6.07, 6.45) is 1.62. The Labute approximate surface area is 116 Å². The van der Waals surface area contributed by atoms with E-state index < -0.39 is 0 Å². The maximum Gasteiger partial charge on any atom is 0.276 e. The van der Waals surface area contributed by atoms with Gasteiger partial charge in [0.05, 0.1) is 17.6 Å². The summed E-state index contributed by atoms with van der Waals surface area (Å²) in [5, 5.41) is 8.27. The molecule has 0 aromatic carbocycles. The molecule has 0 aliphatic carbocycles. The molecule has 0 aliphatic heterocycles. The number of thiazole rings is 1. The summed E-state index contributed by atoms with van der Waals surface area (Å²) in [5.74, 6) is 0.113. The van der Waals surface area contributed by atoms with E-state index in [0.717, 1.165) is 11.4 Å². The fraction of sp³-hybridized carbons (Fsp3) is 0.308. The molecule has 19 heavy (non-hydrogen) atoms. The molecule has 0 bridgehead atoms. The van der Waals surface area contributed by atoms with Crippen molar-refractivity contribution in [2.24, 2.45) is 0 Å². The summed E-state index contributed by atoms with van der Waals surface area (Å²) in [4.78, 5) is 20.4. The number of hydrogen-bond donors (Lipinski definition) is 2. The van der Waals surface area contributed by atoms with Gasteiger partial charge in [0, 0.05) is 12.4 Å². The summed E-state index contributed by atoms with van der Waals surface area (Å²) in [5.41, 5.74) is 2.23. The van der Waals surface area contributed by atoms with E-state index in [4.69, 9.17) is 0 Å². The lowest BCUT2D eigenvalue weighted by Crippen LogP contribution is -2.13. The largest absolute Gasteiger partial charge is 0.387 e. The molecule has 0 atom stereocenters. The first-order chi connectivity index (χ1) is 9.10. The molecule has 0 spiro atoms. The van der Waals surface area contributed by atoms with E-state index in [1.807, 2.05) is 11.4 Å². The fourth-order valence-electron chi connectivity index (χ4n) is 1.45. The molecule has 0 unspecified atom stereocenters. The highest BCUT2D eigenvalue weighted by molar-refractivity contribution is 7.14. The number of hydrogen-bond acceptors (Lipinski definition) is 5. The third kappa shape index (κ3) is 3.29. The highest BCUT2D eigenvalue weighted by Gasteiger charge is 2.11. The van der Waals surface area contributed by atoms with Crippen molar-refractivity contribution in [2.75, 3.05) is 17.7 Å². The predicted octanol–water partition coefficient (Wildman–Crippen LogP) is 2.96. The Morgan fingerprint density at radius 1 is 1.37 bits per heavy atom. The summed E-state index contributed by atoms with van der Waals surface area (Å²) in [6, 6.07) is 3.49. The minimum atomic E-state index is -0.243. The Hall–Kier alpha value is -1.95. The van der Waals surface area contributed by atoms with Gasteiger partial charge in [-0.1, -0.05) is 13.8 Å². The first kappa shape index (κ1) is 13.5. The molecule has 0 saturated carbocycles. The Balaban J connectivity index is 2.06. The van der Waals surface area contributed by atoms with Crippen LogP contribution in [0.3, 0.4) is 0 Å². The fourth-order valence-corrected chi connectivity index (χ4v) is 2.31. The number of rotatable bonds is 4. The van der Waals surface area contributed by atoms with Gasteiger partial charge in [0.25, 0.3) is 5.91 Å².